The van der Waals surface area contributed by atoms with Gasteiger partial charge in [0.15, 0.2) is 0 Å². The van der Waals surface area contributed by atoms with E-state index in [1.165, 1.54) is 0 Å². The molecule has 0 amide bonds. The number of aromatic amines is 1. The number of likely N-dealkylation sites (tertiary alicyclic amines) is 1. The van der Waals surface area contributed by atoms with E-state index in [9.17, 15) is 8.42 Å². The zero-order valence-corrected chi connectivity index (χ0v) is 16.7. The molecule has 2 N–H and O–H groups in total. The first-order valence-electron chi connectivity index (χ1n) is 9.57. The van der Waals surface area contributed by atoms with E-state index in [-0.39, 0.29) is 10.8 Å². The van der Waals surface area contributed by atoms with Crippen LogP contribution in [0.3, 0.4) is 0 Å². The second-order valence-corrected chi connectivity index (χ2v) is 9.14. The normalized spacial score (nSPS) is 18.5. The van der Waals surface area contributed by atoms with Crippen LogP contribution in [0.15, 0.2) is 47.8 Å². The van der Waals surface area contributed by atoms with Crippen LogP contribution in [0.4, 0.5) is 0 Å². The molecule has 0 aliphatic carbocycles. The van der Waals surface area contributed by atoms with E-state index in [2.05, 4.69) is 24.6 Å². The summed E-state index contributed by atoms with van der Waals surface area (Å²) in [5.74, 6) is 0.283. The smallest absolute Gasteiger partial charge is 0.242 e. The quantitative estimate of drug-likeness (QED) is 0.664. The number of aromatic nitrogens is 3. The predicted molar refractivity (Wildman–Crippen MR) is 108 cm³/mol. The Morgan fingerprint density at radius 3 is 2.93 bits per heavy atom. The molecule has 1 unspecified atom stereocenters. The number of hydrogen-bond acceptors (Lipinski definition) is 5. The van der Waals surface area contributed by atoms with Crippen molar-refractivity contribution >= 4 is 20.9 Å². The fourth-order valence-corrected chi connectivity index (χ4v) is 5.11. The molecule has 148 valence electrons. The summed E-state index contributed by atoms with van der Waals surface area (Å²) >= 11 is 0. The molecule has 3 heterocycles. The van der Waals surface area contributed by atoms with Gasteiger partial charge < -0.3 is 4.98 Å². The van der Waals surface area contributed by atoms with Crippen molar-refractivity contribution in [2.24, 2.45) is 5.92 Å². The molecule has 0 radical (unpaired) electrons. The number of fused-ring (bicyclic) bond motifs is 1. The van der Waals surface area contributed by atoms with Crippen LogP contribution < -0.4 is 4.72 Å². The summed E-state index contributed by atoms with van der Waals surface area (Å²) in [6.45, 7) is 5.13. The van der Waals surface area contributed by atoms with Crippen molar-refractivity contribution in [3.05, 3.63) is 54.2 Å². The average molecular weight is 400 g/mol. The van der Waals surface area contributed by atoms with E-state index in [1.807, 2.05) is 25.1 Å². The zero-order valence-electron chi connectivity index (χ0n) is 15.9. The second kappa shape index (κ2) is 7.98. The van der Waals surface area contributed by atoms with E-state index in [0.29, 0.717) is 12.1 Å². The van der Waals surface area contributed by atoms with Gasteiger partial charge in [-0.25, -0.2) is 18.1 Å². The minimum Gasteiger partial charge on any atom is -0.348 e. The van der Waals surface area contributed by atoms with Crippen LogP contribution in [0, 0.1) is 12.8 Å². The van der Waals surface area contributed by atoms with Gasteiger partial charge in [0.2, 0.25) is 10.0 Å². The predicted octanol–water partition coefficient (Wildman–Crippen LogP) is 2.46. The number of H-pyrrole nitrogens is 1. The van der Waals surface area contributed by atoms with E-state index in [4.69, 9.17) is 0 Å². The van der Waals surface area contributed by atoms with E-state index < -0.39 is 10.0 Å². The van der Waals surface area contributed by atoms with Gasteiger partial charge in [-0.15, -0.1) is 0 Å². The molecule has 4 rings (SSSR count). The van der Waals surface area contributed by atoms with Crippen LogP contribution in [-0.4, -0.2) is 47.9 Å². The van der Waals surface area contributed by atoms with Gasteiger partial charge in [-0.1, -0.05) is 18.2 Å². The van der Waals surface area contributed by atoms with E-state index >= 15 is 0 Å². The first-order chi connectivity index (χ1) is 13.5. The number of pyridine rings is 1. The lowest BCUT2D eigenvalue weighted by molar-refractivity contribution is 0.167. The van der Waals surface area contributed by atoms with Crippen LogP contribution in [0.5, 0.6) is 0 Å². The van der Waals surface area contributed by atoms with Crippen LogP contribution in [0.25, 0.3) is 10.9 Å². The lowest BCUT2D eigenvalue weighted by Gasteiger charge is -2.32. The van der Waals surface area contributed by atoms with Crippen molar-refractivity contribution in [1.29, 1.82) is 0 Å². The van der Waals surface area contributed by atoms with Crippen molar-refractivity contribution in [2.75, 3.05) is 19.6 Å². The van der Waals surface area contributed by atoms with Gasteiger partial charge in [-0.3, -0.25) is 9.88 Å². The second-order valence-electron chi connectivity index (χ2n) is 7.40. The summed E-state index contributed by atoms with van der Waals surface area (Å²) in [5.41, 5.74) is 2.66. The molecule has 3 aromatic rings. The molecule has 0 bridgehead atoms. The molecule has 1 aliphatic heterocycles. The summed E-state index contributed by atoms with van der Waals surface area (Å²) < 4.78 is 28.6. The molecule has 1 aromatic carbocycles. The van der Waals surface area contributed by atoms with Gasteiger partial charge in [0, 0.05) is 36.9 Å². The van der Waals surface area contributed by atoms with Crippen molar-refractivity contribution in [3.8, 4) is 0 Å². The van der Waals surface area contributed by atoms with E-state index in [1.54, 1.807) is 24.7 Å². The number of nitrogens with one attached hydrogen (secondary N) is 2. The summed E-state index contributed by atoms with van der Waals surface area (Å²) in [5, 5.41) is 0.823. The van der Waals surface area contributed by atoms with Gasteiger partial charge in [0.05, 0.1) is 17.5 Å². The third kappa shape index (κ3) is 4.09. The average Bonchev–Trinajstić information content (AvgIpc) is 3.11. The van der Waals surface area contributed by atoms with Crippen molar-refractivity contribution < 1.29 is 8.42 Å². The first kappa shape index (κ1) is 19.0. The number of hydrogen-bond donors (Lipinski definition) is 2. The van der Waals surface area contributed by atoms with Crippen molar-refractivity contribution in [3.63, 3.8) is 0 Å². The zero-order chi connectivity index (χ0) is 19.6. The molecule has 0 spiro atoms. The standard InChI is InChI=1S/C20H25N5O2S/c1-15-18(23-14-22-15)13-25-10-4-5-16(12-25)11-24-28(26,27)19-8-2-6-17-7-3-9-21-20(17)19/h2-3,6-9,14,16,24H,4-5,10-13H2,1H3,(H,22,23). The number of piperidine rings is 1. The fraction of sp³-hybridized carbons (Fsp3) is 0.400. The Hall–Kier alpha value is -2.29. The Labute approximate surface area is 165 Å². The van der Waals surface area contributed by atoms with Gasteiger partial charge in [-0.05, 0) is 44.4 Å². The maximum absolute atomic E-state index is 12.9. The Kier molecular flexibility index (Phi) is 5.43. The molecular weight excluding hydrogens is 374 g/mol. The third-order valence-corrected chi connectivity index (χ3v) is 6.81. The minimum atomic E-state index is -3.61. The number of benzene rings is 1. The number of para-hydroxylation sites is 1. The summed E-state index contributed by atoms with van der Waals surface area (Å²) in [4.78, 5) is 14.3. The molecule has 7 nitrogen and oxygen atoms in total. The third-order valence-electron chi connectivity index (χ3n) is 5.36. The van der Waals surface area contributed by atoms with Gasteiger partial charge in [0.1, 0.15) is 4.90 Å². The summed E-state index contributed by atoms with van der Waals surface area (Å²) in [6, 6.07) is 8.93. The van der Waals surface area contributed by atoms with Crippen LogP contribution >= 0.6 is 0 Å². The van der Waals surface area contributed by atoms with Gasteiger partial charge in [-0.2, -0.15) is 0 Å². The molecule has 2 aromatic heterocycles. The maximum Gasteiger partial charge on any atom is 0.242 e. The molecule has 8 heteroatoms. The highest BCUT2D eigenvalue weighted by Crippen LogP contribution is 2.22. The topological polar surface area (TPSA) is 91.0 Å². The molecule has 1 aliphatic rings. The highest BCUT2D eigenvalue weighted by Gasteiger charge is 2.24. The Morgan fingerprint density at radius 1 is 1.25 bits per heavy atom. The summed E-state index contributed by atoms with van der Waals surface area (Å²) in [7, 11) is -3.61. The van der Waals surface area contributed by atoms with Crippen LogP contribution in [0.2, 0.25) is 0 Å². The molecular formula is C20H25N5O2S. The molecule has 1 atom stereocenters. The fourth-order valence-electron chi connectivity index (χ4n) is 3.82. The number of nitrogens with zero attached hydrogens (tertiary/aromatic N) is 3. The van der Waals surface area contributed by atoms with Crippen LogP contribution in [-0.2, 0) is 16.6 Å². The molecule has 0 saturated carbocycles. The number of aryl methyl sites for hydroxylation is 1. The van der Waals surface area contributed by atoms with Gasteiger partial charge in [0.25, 0.3) is 0 Å². The highest BCUT2D eigenvalue weighted by atomic mass is 32.2. The number of rotatable bonds is 6. The lowest BCUT2D eigenvalue weighted by Crippen LogP contribution is -2.40. The number of imidazole rings is 1. The Balaban J connectivity index is 1.42. The Morgan fingerprint density at radius 2 is 2.11 bits per heavy atom. The van der Waals surface area contributed by atoms with Crippen LogP contribution in [0.1, 0.15) is 24.2 Å². The Bertz CT molecular complexity index is 1060. The molecule has 1 saturated heterocycles. The lowest BCUT2D eigenvalue weighted by atomic mass is 9.98. The highest BCUT2D eigenvalue weighted by molar-refractivity contribution is 7.89. The maximum atomic E-state index is 12.9. The monoisotopic (exact) mass is 399 g/mol. The van der Waals surface area contributed by atoms with E-state index in [0.717, 1.165) is 49.2 Å². The first-order valence-corrected chi connectivity index (χ1v) is 11.1. The molecule has 1 fully saturated rings. The SMILES string of the molecule is Cc1[nH]cnc1CN1CCCC(CNS(=O)(=O)c2cccc3cccnc23)C1. The minimum absolute atomic E-state index is 0.241. The summed E-state index contributed by atoms with van der Waals surface area (Å²) in [6.07, 6.45) is 5.42. The largest absolute Gasteiger partial charge is 0.348 e. The van der Waals surface area contributed by atoms with Crippen molar-refractivity contribution in [1.82, 2.24) is 24.6 Å². The number of sulfonamides is 1. The van der Waals surface area contributed by atoms with Gasteiger partial charge >= 0.3 is 0 Å². The van der Waals surface area contributed by atoms with Crippen molar-refractivity contribution in [2.45, 2.75) is 31.2 Å². The molecule has 28 heavy (non-hydrogen) atoms.